The van der Waals surface area contributed by atoms with E-state index in [4.69, 9.17) is 0 Å². The lowest BCUT2D eigenvalue weighted by molar-refractivity contribution is -0.141. The van der Waals surface area contributed by atoms with Gasteiger partial charge >= 0.3 is 0 Å². The van der Waals surface area contributed by atoms with Crippen molar-refractivity contribution < 1.29 is 14.4 Å². The Morgan fingerprint density at radius 2 is 1.54 bits per heavy atom. The van der Waals surface area contributed by atoms with Crippen molar-refractivity contribution >= 4 is 17.7 Å². The Kier molecular flexibility index (Phi) is 5.59. The molecular formula is C20H27N3O3. The van der Waals surface area contributed by atoms with E-state index >= 15 is 0 Å². The van der Waals surface area contributed by atoms with Crippen molar-refractivity contribution in [3.63, 3.8) is 0 Å². The molecule has 1 aromatic rings. The number of carbonyl (C=O) groups excluding carboxylic acids is 3. The molecule has 6 nitrogen and oxygen atoms in total. The molecule has 1 unspecified atom stereocenters. The summed E-state index contributed by atoms with van der Waals surface area (Å²) in [5, 5.41) is 2.88. The van der Waals surface area contributed by atoms with E-state index in [2.05, 4.69) is 5.32 Å². The van der Waals surface area contributed by atoms with Gasteiger partial charge in [0, 0.05) is 37.7 Å². The number of hydrogen-bond acceptors (Lipinski definition) is 3. The molecule has 1 heterocycles. The lowest BCUT2D eigenvalue weighted by Crippen LogP contribution is -2.57. The number of rotatable bonds is 5. The maximum absolute atomic E-state index is 12.9. The van der Waals surface area contributed by atoms with E-state index in [9.17, 15) is 14.4 Å². The summed E-state index contributed by atoms with van der Waals surface area (Å²) in [7, 11) is 0. The van der Waals surface area contributed by atoms with Gasteiger partial charge in [-0.3, -0.25) is 14.4 Å². The summed E-state index contributed by atoms with van der Waals surface area (Å²) in [6.45, 7) is 6.09. The number of amides is 3. The predicted octanol–water partition coefficient (Wildman–Crippen LogP) is 1.52. The van der Waals surface area contributed by atoms with Gasteiger partial charge in [-0.15, -0.1) is 0 Å². The Bertz CT molecular complexity index is 662. The smallest absolute Gasteiger partial charge is 0.251 e. The number of piperazine rings is 1. The van der Waals surface area contributed by atoms with Crippen LogP contribution >= 0.6 is 0 Å². The fraction of sp³-hybridized carbons (Fsp3) is 0.550. The van der Waals surface area contributed by atoms with Crippen molar-refractivity contribution in [1.82, 2.24) is 15.1 Å². The molecule has 2 aliphatic rings. The third kappa shape index (κ3) is 4.23. The third-order valence-corrected chi connectivity index (χ3v) is 5.08. The first-order valence-electron chi connectivity index (χ1n) is 9.41. The average Bonchev–Trinajstić information content (AvgIpc) is 3.50. The molecule has 0 radical (unpaired) electrons. The van der Waals surface area contributed by atoms with Gasteiger partial charge < -0.3 is 15.1 Å². The van der Waals surface area contributed by atoms with Crippen molar-refractivity contribution in [3.8, 4) is 0 Å². The van der Waals surface area contributed by atoms with Crippen LogP contribution in [0.2, 0.25) is 0 Å². The molecular weight excluding hydrogens is 330 g/mol. The van der Waals surface area contributed by atoms with Crippen molar-refractivity contribution in [1.29, 1.82) is 0 Å². The second kappa shape index (κ2) is 7.89. The second-order valence-corrected chi connectivity index (χ2v) is 7.49. The first kappa shape index (κ1) is 18.4. The summed E-state index contributed by atoms with van der Waals surface area (Å²) >= 11 is 0. The number of nitrogens with one attached hydrogen (secondary N) is 1. The van der Waals surface area contributed by atoms with Gasteiger partial charge in [-0.1, -0.05) is 32.0 Å². The van der Waals surface area contributed by atoms with Gasteiger partial charge in [0.25, 0.3) is 5.91 Å². The number of carbonyl (C=O) groups is 3. The summed E-state index contributed by atoms with van der Waals surface area (Å²) in [5.74, 6) is 0.130. The van der Waals surface area contributed by atoms with Crippen LogP contribution in [0.3, 0.4) is 0 Å². The minimum atomic E-state index is -0.562. The first-order valence-corrected chi connectivity index (χ1v) is 9.41. The number of hydrogen-bond donors (Lipinski definition) is 1. The molecule has 1 N–H and O–H groups in total. The highest BCUT2D eigenvalue weighted by atomic mass is 16.2. The number of nitrogens with zero attached hydrogens (tertiary/aromatic N) is 2. The molecule has 3 rings (SSSR count). The molecule has 1 atom stereocenters. The highest BCUT2D eigenvalue weighted by Crippen LogP contribution is 2.31. The van der Waals surface area contributed by atoms with E-state index < -0.39 is 6.04 Å². The van der Waals surface area contributed by atoms with Gasteiger partial charge in [-0.2, -0.15) is 0 Å². The second-order valence-electron chi connectivity index (χ2n) is 7.49. The lowest BCUT2D eigenvalue weighted by Gasteiger charge is -2.37. The van der Waals surface area contributed by atoms with Crippen LogP contribution in [0.15, 0.2) is 30.3 Å². The normalized spacial score (nSPS) is 18.6. The zero-order chi connectivity index (χ0) is 18.7. The minimum Gasteiger partial charge on any atom is -0.340 e. The van der Waals surface area contributed by atoms with Crippen molar-refractivity contribution in [3.05, 3.63) is 35.9 Å². The molecule has 1 aliphatic carbocycles. The molecule has 1 aromatic carbocycles. The van der Waals surface area contributed by atoms with E-state index in [0.717, 1.165) is 12.8 Å². The van der Waals surface area contributed by atoms with Crippen LogP contribution in [0, 0.1) is 11.8 Å². The standard InChI is InChI=1S/C20H27N3O3/c1-14(2)17(21-18(24)15-6-4-3-5-7-15)20(26)23-12-10-22(11-13-23)19(25)16-8-9-16/h3-7,14,16-17H,8-13H2,1-2H3,(H,21,24). The van der Waals surface area contributed by atoms with Crippen LogP contribution < -0.4 is 5.32 Å². The molecule has 0 bridgehead atoms. The quantitative estimate of drug-likeness (QED) is 0.869. The van der Waals surface area contributed by atoms with Crippen molar-refractivity contribution in [2.24, 2.45) is 11.8 Å². The van der Waals surface area contributed by atoms with Crippen LogP contribution in [0.25, 0.3) is 0 Å². The summed E-state index contributed by atoms with van der Waals surface area (Å²) in [4.78, 5) is 41.2. The van der Waals surface area contributed by atoms with Crippen LogP contribution in [-0.2, 0) is 9.59 Å². The molecule has 1 saturated heterocycles. The van der Waals surface area contributed by atoms with Crippen molar-refractivity contribution in [2.45, 2.75) is 32.7 Å². The van der Waals surface area contributed by atoms with E-state index in [-0.39, 0.29) is 29.6 Å². The van der Waals surface area contributed by atoms with E-state index in [1.165, 1.54) is 0 Å². The Morgan fingerprint density at radius 1 is 0.962 bits per heavy atom. The van der Waals surface area contributed by atoms with E-state index in [1.54, 1.807) is 29.2 Å². The molecule has 2 fully saturated rings. The van der Waals surface area contributed by atoms with Gasteiger partial charge in [-0.05, 0) is 30.9 Å². The Morgan fingerprint density at radius 3 is 2.08 bits per heavy atom. The summed E-state index contributed by atoms with van der Waals surface area (Å²) in [5.41, 5.74) is 0.547. The molecule has 3 amide bonds. The van der Waals surface area contributed by atoms with Gasteiger partial charge in [0.2, 0.25) is 11.8 Å². The Hall–Kier alpha value is -2.37. The molecule has 0 aromatic heterocycles. The Labute approximate surface area is 154 Å². The Balaban J connectivity index is 1.58. The highest BCUT2D eigenvalue weighted by molar-refractivity contribution is 5.97. The first-order chi connectivity index (χ1) is 12.5. The zero-order valence-electron chi connectivity index (χ0n) is 15.5. The summed E-state index contributed by atoms with van der Waals surface area (Å²) < 4.78 is 0. The van der Waals surface area contributed by atoms with Gasteiger partial charge in [-0.25, -0.2) is 0 Å². The monoisotopic (exact) mass is 357 g/mol. The van der Waals surface area contributed by atoms with E-state index in [0.29, 0.717) is 31.7 Å². The van der Waals surface area contributed by atoms with Gasteiger partial charge in [0.05, 0.1) is 0 Å². The number of benzene rings is 1. The lowest BCUT2D eigenvalue weighted by atomic mass is 10.0. The average molecular weight is 357 g/mol. The zero-order valence-corrected chi connectivity index (χ0v) is 15.5. The van der Waals surface area contributed by atoms with Crippen LogP contribution in [0.4, 0.5) is 0 Å². The fourth-order valence-corrected chi connectivity index (χ4v) is 3.26. The topological polar surface area (TPSA) is 69.7 Å². The molecule has 6 heteroatoms. The highest BCUT2D eigenvalue weighted by Gasteiger charge is 2.36. The SMILES string of the molecule is CC(C)C(NC(=O)c1ccccc1)C(=O)N1CCN(C(=O)C2CC2)CC1. The van der Waals surface area contributed by atoms with Crippen LogP contribution in [0.5, 0.6) is 0 Å². The molecule has 1 aliphatic heterocycles. The third-order valence-electron chi connectivity index (χ3n) is 5.08. The maximum Gasteiger partial charge on any atom is 0.251 e. The largest absolute Gasteiger partial charge is 0.340 e. The van der Waals surface area contributed by atoms with E-state index in [1.807, 2.05) is 24.8 Å². The van der Waals surface area contributed by atoms with Gasteiger partial charge in [0.1, 0.15) is 6.04 Å². The minimum absolute atomic E-state index is 0.0127. The summed E-state index contributed by atoms with van der Waals surface area (Å²) in [6, 6.07) is 8.37. The molecule has 1 saturated carbocycles. The predicted molar refractivity (Wildman–Crippen MR) is 98.4 cm³/mol. The fourth-order valence-electron chi connectivity index (χ4n) is 3.26. The van der Waals surface area contributed by atoms with Crippen molar-refractivity contribution in [2.75, 3.05) is 26.2 Å². The van der Waals surface area contributed by atoms with Crippen LogP contribution in [-0.4, -0.2) is 59.7 Å². The summed E-state index contributed by atoms with van der Waals surface area (Å²) in [6.07, 6.45) is 2.00. The molecule has 140 valence electrons. The molecule has 0 spiro atoms. The van der Waals surface area contributed by atoms with Gasteiger partial charge in [0.15, 0.2) is 0 Å². The van der Waals surface area contributed by atoms with Crippen LogP contribution in [0.1, 0.15) is 37.0 Å². The molecule has 26 heavy (non-hydrogen) atoms. The maximum atomic E-state index is 12.9.